The standard InChI is InChI=1S/C16H25ClN2O3/c1-11(7-16(2,3)21-4)19(14(20)8-17)9-13-15(12-5-6-12)22-10-18-13/h10-12H,5-9H2,1-4H3. The lowest BCUT2D eigenvalue weighted by Crippen LogP contribution is -2.43. The van der Waals surface area contributed by atoms with Crippen molar-refractivity contribution in [3.8, 4) is 0 Å². The lowest BCUT2D eigenvalue weighted by Gasteiger charge is -2.34. The van der Waals surface area contributed by atoms with E-state index in [9.17, 15) is 4.79 Å². The Hall–Kier alpha value is -1.07. The lowest BCUT2D eigenvalue weighted by molar-refractivity contribution is -0.132. The fraction of sp³-hybridized carbons (Fsp3) is 0.750. The number of nitrogens with zero attached hydrogens (tertiary/aromatic N) is 2. The molecule has 0 aliphatic heterocycles. The summed E-state index contributed by atoms with van der Waals surface area (Å²) in [6, 6.07) is 0.00459. The molecule has 2 rings (SSSR count). The van der Waals surface area contributed by atoms with Crippen molar-refractivity contribution in [3.05, 3.63) is 17.8 Å². The molecule has 0 bridgehead atoms. The van der Waals surface area contributed by atoms with Crippen LogP contribution in [-0.2, 0) is 16.1 Å². The second-order valence-corrected chi connectivity index (χ2v) is 6.88. The van der Waals surface area contributed by atoms with Crippen LogP contribution in [0.15, 0.2) is 10.8 Å². The lowest BCUT2D eigenvalue weighted by atomic mass is 9.98. The predicted octanol–water partition coefficient (Wildman–Crippen LogP) is 3.32. The van der Waals surface area contributed by atoms with Crippen LogP contribution >= 0.6 is 11.6 Å². The average molecular weight is 329 g/mol. The molecule has 5 nitrogen and oxygen atoms in total. The number of carbonyl (C=O) groups is 1. The molecule has 1 aromatic rings. The highest BCUT2D eigenvalue weighted by molar-refractivity contribution is 6.27. The van der Waals surface area contributed by atoms with Crippen LogP contribution in [0.4, 0.5) is 0 Å². The molecule has 1 atom stereocenters. The fourth-order valence-electron chi connectivity index (χ4n) is 2.71. The van der Waals surface area contributed by atoms with Crippen LogP contribution in [0.2, 0.25) is 0 Å². The number of amides is 1. The Morgan fingerprint density at radius 2 is 2.27 bits per heavy atom. The molecule has 1 amide bonds. The largest absolute Gasteiger partial charge is 0.448 e. The summed E-state index contributed by atoms with van der Waals surface area (Å²) in [4.78, 5) is 18.3. The van der Waals surface area contributed by atoms with Crippen LogP contribution in [0.25, 0.3) is 0 Å². The van der Waals surface area contributed by atoms with Gasteiger partial charge in [-0.2, -0.15) is 0 Å². The van der Waals surface area contributed by atoms with Crippen LogP contribution in [0.5, 0.6) is 0 Å². The van der Waals surface area contributed by atoms with Gasteiger partial charge >= 0.3 is 0 Å². The zero-order valence-corrected chi connectivity index (χ0v) is 14.5. The number of alkyl halides is 1. The van der Waals surface area contributed by atoms with Crippen LogP contribution in [0.1, 0.15) is 57.4 Å². The molecule has 0 spiro atoms. The first-order valence-corrected chi connectivity index (χ1v) is 8.24. The topological polar surface area (TPSA) is 55.6 Å². The number of hydrogen-bond acceptors (Lipinski definition) is 4. The third kappa shape index (κ3) is 4.23. The minimum Gasteiger partial charge on any atom is -0.448 e. The average Bonchev–Trinajstić information content (AvgIpc) is 3.22. The van der Waals surface area contributed by atoms with E-state index in [0.717, 1.165) is 30.7 Å². The first kappa shape index (κ1) is 17.3. The number of carbonyl (C=O) groups excluding carboxylic acids is 1. The number of hydrogen-bond donors (Lipinski definition) is 0. The summed E-state index contributed by atoms with van der Waals surface area (Å²) in [5, 5.41) is 0. The van der Waals surface area contributed by atoms with Crippen molar-refractivity contribution in [1.82, 2.24) is 9.88 Å². The molecular formula is C16H25ClN2O3. The zero-order valence-electron chi connectivity index (χ0n) is 13.8. The molecule has 0 radical (unpaired) electrons. The second kappa shape index (κ2) is 7.01. The monoisotopic (exact) mass is 328 g/mol. The van der Waals surface area contributed by atoms with Gasteiger partial charge in [-0.15, -0.1) is 11.6 Å². The van der Waals surface area contributed by atoms with Gasteiger partial charge in [0, 0.05) is 19.1 Å². The Morgan fingerprint density at radius 3 is 2.82 bits per heavy atom. The van der Waals surface area contributed by atoms with Gasteiger partial charge in [0.1, 0.15) is 17.3 Å². The van der Waals surface area contributed by atoms with E-state index in [2.05, 4.69) is 4.98 Å². The molecule has 1 saturated carbocycles. The molecule has 1 unspecified atom stereocenters. The summed E-state index contributed by atoms with van der Waals surface area (Å²) in [5.74, 6) is 1.27. The van der Waals surface area contributed by atoms with Crippen molar-refractivity contribution < 1.29 is 13.9 Å². The van der Waals surface area contributed by atoms with Crippen molar-refractivity contribution in [3.63, 3.8) is 0 Å². The third-order valence-electron chi connectivity index (χ3n) is 4.25. The number of oxazole rings is 1. The van der Waals surface area contributed by atoms with Crippen molar-refractivity contribution >= 4 is 17.5 Å². The molecule has 0 saturated heterocycles. The van der Waals surface area contributed by atoms with Crippen LogP contribution in [-0.4, -0.2) is 40.4 Å². The summed E-state index contributed by atoms with van der Waals surface area (Å²) >= 11 is 5.78. The van der Waals surface area contributed by atoms with E-state index in [-0.39, 0.29) is 23.4 Å². The molecule has 0 N–H and O–H groups in total. The summed E-state index contributed by atoms with van der Waals surface area (Å²) in [6.45, 7) is 6.48. The van der Waals surface area contributed by atoms with Gasteiger partial charge in [-0.1, -0.05) is 0 Å². The number of methoxy groups -OCH3 is 1. The molecule has 1 aliphatic rings. The minimum atomic E-state index is -0.298. The Morgan fingerprint density at radius 1 is 1.59 bits per heavy atom. The summed E-state index contributed by atoms with van der Waals surface area (Å²) < 4.78 is 11.0. The van der Waals surface area contributed by atoms with E-state index in [0.29, 0.717) is 12.5 Å². The summed E-state index contributed by atoms with van der Waals surface area (Å²) in [6.07, 6.45) is 4.47. The second-order valence-electron chi connectivity index (χ2n) is 6.61. The van der Waals surface area contributed by atoms with Gasteiger partial charge in [0.2, 0.25) is 5.91 Å². The van der Waals surface area contributed by atoms with Crippen LogP contribution in [0, 0.1) is 0 Å². The van der Waals surface area contributed by atoms with Crippen LogP contribution in [0.3, 0.4) is 0 Å². The van der Waals surface area contributed by atoms with Gasteiger partial charge in [0.05, 0.1) is 12.1 Å². The first-order chi connectivity index (χ1) is 10.4. The maximum absolute atomic E-state index is 12.2. The quantitative estimate of drug-likeness (QED) is 0.687. The van der Waals surface area contributed by atoms with Gasteiger partial charge in [0.15, 0.2) is 6.39 Å². The number of halogens is 1. The van der Waals surface area contributed by atoms with Gasteiger partial charge in [-0.25, -0.2) is 4.98 Å². The molecular weight excluding hydrogens is 304 g/mol. The van der Waals surface area contributed by atoms with Crippen molar-refractivity contribution in [2.75, 3.05) is 13.0 Å². The zero-order chi connectivity index (χ0) is 16.3. The van der Waals surface area contributed by atoms with E-state index in [1.54, 1.807) is 12.0 Å². The molecule has 1 fully saturated rings. The van der Waals surface area contributed by atoms with E-state index in [1.807, 2.05) is 20.8 Å². The van der Waals surface area contributed by atoms with Crippen molar-refractivity contribution in [2.24, 2.45) is 0 Å². The minimum absolute atomic E-state index is 0.00459. The first-order valence-electron chi connectivity index (χ1n) is 7.70. The summed E-state index contributed by atoms with van der Waals surface area (Å²) in [7, 11) is 1.68. The Bertz CT molecular complexity index is 511. The molecule has 0 aromatic carbocycles. The van der Waals surface area contributed by atoms with Gasteiger partial charge in [-0.3, -0.25) is 4.79 Å². The highest BCUT2D eigenvalue weighted by Crippen LogP contribution is 2.41. The van der Waals surface area contributed by atoms with E-state index in [1.165, 1.54) is 6.39 Å². The number of ether oxygens (including phenoxy) is 1. The van der Waals surface area contributed by atoms with Crippen molar-refractivity contribution in [2.45, 2.75) is 64.1 Å². The van der Waals surface area contributed by atoms with E-state index < -0.39 is 0 Å². The van der Waals surface area contributed by atoms with Gasteiger partial charge in [0.25, 0.3) is 0 Å². The molecule has 22 heavy (non-hydrogen) atoms. The number of aromatic nitrogens is 1. The predicted molar refractivity (Wildman–Crippen MR) is 84.9 cm³/mol. The number of rotatable bonds is 8. The van der Waals surface area contributed by atoms with E-state index >= 15 is 0 Å². The molecule has 124 valence electrons. The smallest absolute Gasteiger partial charge is 0.238 e. The maximum atomic E-state index is 12.2. The molecule has 1 aliphatic carbocycles. The SMILES string of the molecule is COC(C)(C)CC(C)N(Cc1ncoc1C1CC1)C(=O)CCl. The van der Waals surface area contributed by atoms with E-state index in [4.69, 9.17) is 20.8 Å². The van der Waals surface area contributed by atoms with Gasteiger partial charge < -0.3 is 14.1 Å². The highest BCUT2D eigenvalue weighted by atomic mass is 35.5. The van der Waals surface area contributed by atoms with Gasteiger partial charge in [-0.05, 0) is 40.0 Å². The maximum Gasteiger partial charge on any atom is 0.238 e. The molecule has 1 heterocycles. The molecule has 6 heteroatoms. The van der Waals surface area contributed by atoms with Crippen molar-refractivity contribution in [1.29, 1.82) is 0 Å². The summed E-state index contributed by atoms with van der Waals surface area (Å²) in [5.41, 5.74) is 0.552. The Balaban J connectivity index is 2.12. The van der Waals surface area contributed by atoms with Crippen LogP contribution < -0.4 is 0 Å². The molecule has 1 aromatic heterocycles. The normalized spacial score (nSPS) is 16.6. The highest BCUT2D eigenvalue weighted by Gasteiger charge is 2.33. The third-order valence-corrected chi connectivity index (χ3v) is 4.48. The Kier molecular flexibility index (Phi) is 5.50. The Labute approximate surface area is 137 Å². The fourth-order valence-corrected chi connectivity index (χ4v) is 2.86.